The summed E-state index contributed by atoms with van der Waals surface area (Å²) in [5.74, 6) is 0.176. The van der Waals surface area contributed by atoms with Crippen LogP contribution in [0.25, 0.3) is 0 Å². The Morgan fingerprint density at radius 2 is 2.25 bits per heavy atom. The first-order valence-corrected chi connectivity index (χ1v) is 4.90. The van der Waals surface area contributed by atoms with Crippen LogP contribution in [0.15, 0.2) is 35.4 Å². The van der Waals surface area contributed by atoms with E-state index in [1.807, 2.05) is 0 Å². The number of aromatic amines is 1. The zero-order valence-electron chi connectivity index (χ0n) is 8.20. The summed E-state index contributed by atoms with van der Waals surface area (Å²) in [6.07, 6.45) is 2.93. The fourth-order valence-corrected chi connectivity index (χ4v) is 1.37. The third-order valence-corrected chi connectivity index (χ3v) is 2.28. The molecule has 6 heteroatoms. The quantitative estimate of drug-likeness (QED) is 0.694. The molecule has 0 spiro atoms. The molecule has 16 heavy (non-hydrogen) atoms. The second kappa shape index (κ2) is 4.24. The molecule has 4 N–H and O–H groups in total. The molecule has 0 aliphatic heterocycles. The van der Waals surface area contributed by atoms with Gasteiger partial charge in [0.25, 0.3) is 5.56 Å². The van der Waals surface area contributed by atoms with Crippen LogP contribution in [0.1, 0.15) is 0 Å². The van der Waals surface area contributed by atoms with E-state index in [0.717, 1.165) is 0 Å². The van der Waals surface area contributed by atoms with Gasteiger partial charge < -0.3 is 16.0 Å². The van der Waals surface area contributed by atoms with Crippen molar-refractivity contribution in [3.05, 3.63) is 46.0 Å². The van der Waals surface area contributed by atoms with Crippen molar-refractivity contribution in [3.63, 3.8) is 0 Å². The minimum atomic E-state index is -0.319. The number of nitrogen functional groups attached to an aromatic ring is 1. The Hall–Kier alpha value is -2.01. The molecular formula is C10H9ClN4O. The predicted molar refractivity (Wildman–Crippen MR) is 64.0 cm³/mol. The summed E-state index contributed by atoms with van der Waals surface area (Å²) in [4.78, 5) is 17.8. The lowest BCUT2D eigenvalue weighted by Gasteiger charge is -2.07. The highest BCUT2D eigenvalue weighted by Gasteiger charge is 2.04. The number of halogens is 1. The Morgan fingerprint density at radius 3 is 3.00 bits per heavy atom. The van der Waals surface area contributed by atoms with Crippen LogP contribution < -0.4 is 16.6 Å². The summed E-state index contributed by atoms with van der Waals surface area (Å²) in [6, 6.07) is 4.96. The van der Waals surface area contributed by atoms with Gasteiger partial charge in [0.1, 0.15) is 0 Å². The van der Waals surface area contributed by atoms with Crippen molar-refractivity contribution in [1.82, 2.24) is 9.97 Å². The minimum Gasteiger partial charge on any atom is -0.399 e. The third kappa shape index (κ3) is 2.14. The first-order chi connectivity index (χ1) is 7.66. The Morgan fingerprint density at radius 1 is 1.44 bits per heavy atom. The fraction of sp³-hybridized carbons (Fsp3) is 0. The van der Waals surface area contributed by atoms with E-state index in [-0.39, 0.29) is 11.4 Å². The van der Waals surface area contributed by atoms with E-state index in [2.05, 4.69) is 15.3 Å². The van der Waals surface area contributed by atoms with Crippen LogP contribution in [-0.4, -0.2) is 9.97 Å². The summed E-state index contributed by atoms with van der Waals surface area (Å²) < 4.78 is 0. The molecular weight excluding hydrogens is 228 g/mol. The van der Waals surface area contributed by atoms with Crippen molar-refractivity contribution in [2.24, 2.45) is 0 Å². The molecule has 0 radical (unpaired) electrons. The van der Waals surface area contributed by atoms with Crippen molar-refractivity contribution in [1.29, 1.82) is 0 Å². The Kier molecular flexibility index (Phi) is 2.78. The molecule has 5 nitrogen and oxygen atoms in total. The second-order valence-corrected chi connectivity index (χ2v) is 3.54. The largest absolute Gasteiger partial charge is 0.399 e. The molecule has 2 rings (SSSR count). The van der Waals surface area contributed by atoms with Gasteiger partial charge in [-0.25, -0.2) is 4.98 Å². The summed E-state index contributed by atoms with van der Waals surface area (Å²) in [5, 5.41) is 3.29. The lowest BCUT2D eigenvalue weighted by molar-refractivity contribution is 1.14. The van der Waals surface area contributed by atoms with Crippen molar-refractivity contribution in [3.8, 4) is 0 Å². The van der Waals surface area contributed by atoms with Gasteiger partial charge in [-0.2, -0.15) is 0 Å². The Balaban J connectivity index is 2.38. The number of nitrogens with two attached hydrogens (primary N) is 1. The normalized spacial score (nSPS) is 10.1. The zero-order valence-corrected chi connectivity index (χ0v) is 8.95. The molecule has 1 aromatic heterocycles. The number of H-pyrrole nitrogens is 1. The lowest BCUT2D eigenvalue weighted by atomic mass is 10.3. The maximum absolute atomic E-state index is 11.4. The molecule has 82 valence electrons. The molecule has 1 heterocycles. The highest BCUT2D eigenvalue weighted by Crippen LogP contribution is 2.25. The van der Waals surface area contributed by atoms with E-state index in [0.29, 0.717) is 16.4 Å². The molecule has 0 bridgehead atoms. The molecule has 2 aromatic rings. The topological polar surface area (TPSA) is 83.8 Å². The number of rotatable bonds is 2. The van der Waals surface area contributed by atoms with E-state index in [1.165, 1.54) is 12.4 Å². The molecule has 1 aromatic carbocycles. The van der Waals surface area contributed by atoms with Crippen LogP contribution in [0.3, 0.4) is 0 Å². The molecule has 0 fully saturated rings. The predicted octanol–water partition coefficient (Wildman–Crippen LogP) is 1.75. The molecule has 0 aliphatic rings. The van der Waals surface area contributed by atoms with Crippen molar-refractivity contribution in [2.45, 2.75) is 0 Å². The lowest BCUT2D eigenvalue weighted by Crippen LogP contribution is -2.12. The van der Waals surface area contributed by atoms with Gasteiger partial charge in [-0.05, 0) is 18.2 Å². The number of hydrogen-bond donors (Lipinski definition) is 3. The Labute approximate surface area is 96.3 Å². The standard InChI is InChI=1S/C10H9ClN4O/c11-7-2-1-6(12)5-8(7)15-9-10(16)14-4-3-13-9/h1-5H,12H2,(H,13,15)(H,14,16). The Bertz CT molecular complexity index is 567. The van der Waals surface area contributed by atoms with Gasteiger partial charge in [-0.1, -0.05) is 11.6 Å². The summed E-state index contributed by atoms with van der Waals surface area (Å²) in [6.45, 7) is 0. The van der Waals surface area contributed by atoms with Gasteiger partial charge >= 0.3 is 0 Å². The van der Waals surface area contributed by atoms with Gasteiger partial charge in [-0.15, -0.1) is 0 Å². The van der Waals surface area contributed by atoms with E-state index < -0.39 is 0 Å². The fourth-order valence-electron chi connectivity index (χ4n) is 1.21. The molecule has 0 saturated heterocycles. The summed E-state index contributed by atoms with van der Waals surface area (Å²) >= 11 is 5.94. The van der Waals surface area contributed by atoms with E-state index >= 15 is 0 Å². The van der Waals surface area contributed by atoms with Gasteiger partial charge in [0.05, 0.1) is 10.7 Å². The average Bonchev–Trinajstić information content (AvgIpc) is 2.27. The first kappa shape index (κ1) is 10.5. The zero-order chi connectivity index (χ0) is 11.5. The highest BCUT2D eigenvalue weighted by atomic mass is 35.5. The number of anilines is 3. The summed E-state index contributed by atoms with van der Waals surface area (Å²) in [5.41, 5.74) is 6.40. The van der Waals surface area contributed by atoms with Crippen LogP contribution in [-0.2, 0) is 0 Å². The number of aromatic nitrogens is 2. The maximum atomic E-state index is 11.4. The molecule has 0 amide bonds. The van der Waals surface area contributed by atoms with Crippen LogP contribution in [0.5, 0.6) is 0 Å². The second-order valence-electron chi connectivity index (χ2n) is 3.13. The van der Waals surface area contributed by atoms with Gasteiger partial charge in [0.15, 0.2) is 5.82 Å². The van der Waals surface area contributed by atoms with Crippen molar-refractivity contribution < 1.29 is 0 Å². The minimum absolute atomic E-state index is 0.176. The first-order valence-electron chi connectivity index (χ1n) is 4.52. The monoisotopic (exact) mass is 236 g/mol. The highest BCUT2D eigenvalue weighted by molar-refractivity contribution is 6.33. The van der Waals surface area contributed by atoms with Crippen LogP contribution >= 0.6 is 11.6 Å². The number of nitrogens with zero attached hydrogens (tertiary/aromatic N) is 1. The van der Waals surface area contributed by atoms with Crippen LogP contribution in [0, 0.1) is 0 Å². The molecule has 0 unspecified atom stereocenters. The number of nitrogens with one attached hydrogen (secondary N) is 2. The maximum Gasteiger partial charge on any atom is 0.291 e. The average molecular weight is 237 g/mol. The number of benzene rings is 1. The number of hydrogen-bond acceptors (Lipinski definition) is 4. The van der Waals surface area contributed by atoms with Crippen LogP contribution in [0.4, 0.5) is 17.2 Å². The van der Waals surface area contributed by atoms with E-state index in [9.17, 15) is 4.79 Å². The van der Waals surface area contributed by atoms with E-state index in [1.54, 1.807) is 18.2 Å². The van der Waals surface area contributed by atoms with Crippen LogP contribution in [0.2, 0.25) is 5.02 Å². The molecule has 0 aliphatic carbocycles. The smallest absolute Gasteiger partial charge is 0.291 e. The third-order valence-electron chi connectivity index (χ3n) is 1.95. The van der Waals surface area contributed by atoms with Gasteiger partial charge in [0.2, 0.25) is 0 Å². The van der Waals surface area contributed by atoms with E-state index in [4.69, 9.17) is 17.3 Å². The van der Waals surface area contributed by atoms with Gasteiger partial charge in [0, 0.05) is 18.1 Å². The molecule has 0 saturated carbocycles. The van der Waals surface area contributed by atoms with Crippen molar-refractivity contribution in [2.75, 3.05) is 11.1 Å². The molecule has 0 atom stereocenters. The van der Waals surface area contributed by atoms with Gasteiger partial charge in [-0.3, -0.25) is 4.79 Å². The summed E-state index contributed by atoms with van der Waals surface area (Å²) in [7, 11) is 0. The SMILES string of the molecule is Nc1ccc(Cl)c(Nc2ncc[nH]c2=O)c1. The van der Waals surface area contributed by atoms with Crippen molar-refractivity contribution >= 4 is 28.8 Å².